The maximum atomic E-state index is 4.45. The van der Waals surface area contributed by atoms with E-state index in [0.29, 0.717) is 0 Å². The Morgan fingerprint density at radius 3 is 2.41 bits per heavy atom. The predicted molar refractivity (Wildman–Crippen MR) is 71.3 cm³/mol. The van der Waals surface area contributed by atoms with Gasteiger partial charge in [0.1, 0.15) is 5.82 Å². The molecule has 0 spiro atoms. The third-order valence-electron chi connectivity index (χ3n) is 3.27. The van der Waals surface area contributed by atoms with Crippen molar-refractivity contribution in [1.29, 1.82) is 0 Å². The summed E-state index contributed by atoms with van der Waals surface area (Å²) < 4.78 is 0. The van der Waals surface area contributed by atoms with E-state index in [1.807, 2.05) is 25.2 Å². The number of rotatable bonds is 3. The van der Waals surface area contributed by atoms with Crippen LogP contribution in [-0.2, 0) is 6.54 Å². The Balaban J connectivity index is 1.90. The topological polar surface area (TPSA) is 22.6 Å². The van der Waals surface area contributed by atoms with Gasteiger partial charge in [-0.1, -0.05) is 6.07 Å². The molecule has 0 bridgehead atoms. The molecule has 0 radical (unpaired) electrons. The number of likely N-dealkylation sites (N-methyl/N-ethyl adjacent to an activating group) is 1. The second-order valence-corrected chi connectivity index (χ2v) is 5.00. The molecule has 4 heteroatoms. The normalized spacial score (nSPS) is 18.3. The van der Waals surface area contributed by atoms with Crippen LogP contribution < -0.4 is 4.90 Å². The molecule has 2 rings (SSSR count). The average molecular weight is 234 g/mol. The molecule has 1 aliphatic heterocycles. The van der Waals surface area contributed by atoms with Crippen molar-refractivity contribution in [2.45, 2.75) is 6.54 Å². The summed E-state index contributed by atoms with van der Waals surface area (Å²) in [5.74, 6) is 1.02. The van der Waals surface area contributed by atoms with Gasteiger partial charge in [-0.05, 0) is 18.7 Å². The fraction of sp³-hybridized carbons (Fsp3) is 0.615. The molecule has 0 aliphatic carbocycles. The van der Waals surface area contributed by atoms with Crippen LogP contribution in [0.5, 0.6) is 0 Å². The van der Waals surface area contributed by atoms with E-state index < -0.39 is 0 Å². The van der Waals surface area contributed by atoms with E-state index in [0.717, 1.165) is 25.5 Å². The van der Waals surface area contributed by atoms with Crippen molar-refractivity contribution in [3.63, 3.8) is 0 Å². The lowest BCUT2D eigenvalue weighted by atomic mass is 10.2. The molecule has 4 nitrogen and oxygen atoms in total. The molecule has 1 aliphatic rings. The number of anilines is 1. The summed E-state index contributed by atoms with van der Waals surface area (Å²) in [6.45, 7) is 5.68. The van der Waals surface area contributed by atoms with Crippen LogP contribution in [0.2, 0.25) is 0 Å². The van der Waals surface area contributed by atoms with E-state index >= 15 is 0 Å². The van der Waals surface area contributed by atoms with Crippen LogP contribution in [0.4, 0.5) is 5.82 Å². The maximum absolute atomic E-state index is 4.45. The Labute approximate surface area is 104 Å². The lowest BCUT2D eigenvalue weighted by Gasteiger charge is -2.32. The molecule has 1 aromatic rings. The number of nitrogens with zero attached hydrogens (tertiary/aromatic N) is 4. The molecule has 1 aromatic heterocycles. The Hall–Kier alpha value is -1.13. The number of piperazine rings is 1. The summed E-state index contributed by atoms with van der Waals surface area (Å²) in [6.07, 6.45) is 1.99. The van der Waals surface area contributed by atoms with Crippen LogP contribution in [0.1, 0.15) is 5.56 Å². The maximum Gasteiger partial charge on any atom is 0.127 e. The SMILES string of the molecule is CN1CCN(Cc2ccc(N(C)C)nc2)CC1. The highest BCUT2D eigenvalue weighted by molar-refractivity contribution is 5.37. The first-order valence-electron chi connectivity index (χ1n) is 6.18. The molecular formula is C13H22N4. The second-order valence-electron chi connectivity index (χ2n) is 5.00. The quantitative estimate of drug-likeness (QED) is 0.775. The fourth-order valence-electron chi connectivity index (χ4n) is 2.04. The molecule has 1 saturated heterocycles. The van der Waals surface area contributed by atoms with E-state index in [-0.39, 0.29) is 0 Å². The van der Waals surface area contributed by atoms with Gasteiger partial charge in [-0.25, -0.2) is 4.98 Å². The van der Waals surface area contributed by atoms with Gasteiger partial charge in [-0.15, -0.1) is 0 Å². The molecule has 2 heterocycles. The summed E-state index contributed by atoms with van der Waals surface area (Å²) in [5.41, 5.74) is 1.31. The molecule has 1 fully saturated rings. The van der Waals surface area contributed by atoms with E-state index in [1.54, 1.807) is 0 Å². The second kappa shape index (κ2) is 5.47. The van der Waals surface area contributed by atoms with Gasteiger partial charge in [0, 0.05) is 53.0 Å². The standard InChI is InChI=1S/C13H22N4/c1-15(2)13-5-4-12(10-14-13)11-17-8-6-16(3)7-9-17/h4-5,10H,6-9,11H2,1-3H3. The van der Waals surface area contributed by atoms with Crippen molar-refractivity contribution in [1.82, 2.24) is 14.8 Å². The Kier molecular flexibility index (Phi) is 3.97. The number of pyridine rings is 1. The summed E-state index contributed by atoms with van der Waals surface area (Å²) in [7, 11) is 6.22. The molecule has 17 heavy (non-hydrogen) atoms. The zero-order valence-electron chi connectivity index (χ0n) is 11.1. The highest BCUT2D eigenvalue weighted by Crippen LogP contribution is 2.11. The highest BCUT2D eigenvalue weighted by Gasteiger charge is 2.13. The smallest absolute Gasteiger partial charge is 0.127 e. The van der Waals surface area contributed by atoms with Gasteiger partial charge in [0.15, 0.2) is 0 Å². The van der Waals surface area contributed by atoms with Gasteiger partial charge in [0.25, 0.3) is 0 Å². The van der Waals surface area contributed by atoms with Crippen molar-refractivity contribution < 1.29 is 0 Å². The predicted octanol–water partition coefficient (Wildman–Crippen LogP) is 0.895. The van der Waals surface area contributed by atoms with Crippen LogP contribution in [0.3, 0.4) is 0 Å². The molecule has 0 aromatic carbocycles. The summed E-state index contributed by atoms with van der Waals surface area (Å²) in [4.78, 5) is 11.3. The average Bonchev–Trinajstić information content (AvgIpc) is 2.33. The van der Waals surface area contributed by atoms with E-state index in [2.05, 4.69) is 34.0 Å². The van der Waals surface area contributed by atoms with Gasteiger partial charge >= 0.3 is 0 Å². The molecule has 0 saturated carbocycles. The van der Waals surface area contributed by atoms with Crippen molar-refractivity contribution in [2.75, 3.05) is 52.2 Å². The molecular weight excluding hydrogens is 212 g/mol. The lowest BCUT2D eigenvalue weighted by molar-refractivity contribution is 0.148. The summed E-state index contributed by atoms with van der Waals surface area (Å²) >= 11 is 0. The lowest BCUT2D eigenvalue weighted by Crippen LogP contribution is -2.43. The van der Waals surface area contributed by atoms with Gasteiger partial charge in [0.2, 0.25) is 0 Å². The zero-order chi connectivity index (χ0) is 12.3. The Bertz CT molecular complexity index is 339. The largest absolute Gasteiger partial charge is 0.363 e. The van der Waals surface area contributed by atoms with E-state index in [9.17, 15) is 0 Å². The van der Waals surface area contributed by atoms with Gasteiger partial charge in [-0.3, -0.25) is 4.90 Å². The first kappa shape index (κ1) is 12.3. The fourth-order valence-corrected chi connectivity index (χ4v) is 2.04. The minimum absolute atomic E-state index is 1.02. The molecule has 0 N–H and O–H groups in total. The first-order chi connectivity index (χ1) is 8.15. The van der Waals surface area contributed by atoms with Crippen LogP contribution in [0.15, 0.2) is 18.3 Å². The Morgan fingerprint density at radius 2 is 1.88 bits per heavy atom. The van der Waals surface area contributed by atoms with Gasteiger partial charge in [-0.2, -0.15) is 0 Å². The summed E-state index contributed by atoms with van der Waals surface area (Å²) in [5, 5.41) is 0. The number of hydrogen-bond acceptors (Lipinski definition) is 4. The molecule has 94 valence electrons. The molecule has 0 atom stereocenters. The third-order valence-corrected chi connectivity index (χ3v) is 3.27. The monoisotopic (exact) mass is 234 g/mol. The van der Waals surface area contributed by atoms with Crippen LogP contribution in [0.25, 0.3) is 0 Å². The zero-order valence-corrected chi connectivity index (χ0v) is 11.1. The van der Waals surface area contributed by atoms with E-state index in [1.165, 1.54) is 18.7 Å². The van der Waals surface area contributed by atoms with Crippen LogP contribution in [-0.4, -0.2) is 62.1 Å². The number of hydrogen-bond donors (Lipinski definition) is 0. The first-order valence-corrected chi connectivity index (χ1v) is 6.18. The van der Waals surface area contributed by atoms with Crippen LogP contribution >= 0.6 is 0 Å². The highest BCUT2D eigenvalue weighted by atomic mass is 15.2. The Morgan fingerprint density at radius 1 is 1.18 bits per heavy atom. The third kappa shape index (κ3) is 3.41. The van der Waals surface area contributed by atoms with Crippen molar-refractivity contribution in [2.24, 2.45) is 0 Å². The van der Waals surface area contributed by atoms with Gasteiger partial charge in [0.05, 0.1) is 0 Å². The van der Waals surface area contributed by atoms with Crippen molar-refractivity contribution >= 4 is 5.82 Å². The van der Waals surface area contributed by atoms with E-state index in [4.69, 9.17) is 0 Å². The summed E-state index contributed by atoms with van der Waals surface area (Å²) in [6, 6.07) is 4.27. The molecule has 0 amide bonds. The minimum atomic E-state index is 1.02. The number of aromatic nitrogens is 1. The molecule has 0 unspecified atom stereocenters. The van der Waals surface area contributed by atoms with Crippen molar-refractivity contribution in [3.05, 3.63) is 23.9 Å². The van der Waals surface area contributed by atoms with Gasteiger partial charge < -0.3 is 9.80 Å². The van der Waals surface area contributed by atoms with Crippen molar-refractivity contribution in [3.8, 4) is 0 Å². The minimum Gasteiger partial charge on any atom is -0.363 e. The van der Waals surface area contributed by atoms with Crippen LogP contribution in [0, 0.1) is 0 Å².